The number of hydrogen-bond acceptors (Lipinski definition) is 3. The highest BCUT2D eigenvalue weighted by atomic mass is 16.2. The van der Waals surface area contributed by atoms with E-state index in [1.807, 2.05) is 0 Å². The van der Waals surface area contributed by atoms with Crippen LogP contribution in [0.25, 0.3) is 0 Å². The van der Waals surface area contributed by atoms with Gasteiger partial charge in [-0.2, -0.15) is 0 Å². The van der Waals surface area contributed by atoms with Crippen LogP contribution in [0.5, 0.6) is 0 Å². The lowest BCUT2D eigenvalue weighted by Crippen LogP contribution is -2.41. The molecular formula is C13H18N2O3. The van der Waals surface area contributed by atoms with E-state index in [9.17, 15) is 14.4 Å². The minimum atomic E-state index is -0.191. The molecule has 18 heavy (non-hydrogen) atoms. The highest BCUT2D eigenvalue weighted by molar-refractivity contribution is 6.08. The molecule has 2 aliphatic carbocycles. The molecule has 0 N–H and O–H groups in total. The number of rotatable bonds is 2. The Morgan fingerprint density at radius 3 is 2.11 bits per heavy atom. The van der Waals surface area contributed by atoms with Gasteiger partial charge in [0.15, 0.2) is 0 Å². The van der Waals surface area contributed by atoms with Crippen LogP contribution in [-0.2, 0) is 14.4 Å². The molecule has 4 atom stereocenters. The van der Waals surface area contributed by atoms with Crippen molar-refractivity contribution in [3.8, 4) is 0 Å². The molecule has 0 aromatic heterocycles. The van der Waals surface area contributed by atoms with Gasteiger partial charge in [0.25, 0.3) is 0 Å². The van der Waals surface area contributed by atoms with Crippen LogP contribution in [0.2, 0.25) is 0 Å². The molecule has 3 rings (SSSR count). The molecule has 5 heteroatoms. The largest absolute Gasteiger partial charge is 0.347 e. The predicted molar refractivity (Wildman–Crippen MR) is 63.2 cm³/mol. The van der Waals surface area contributed by atoms with E-state index >= 15 is 0 Å². The van der Waals surface area contributed by atoms with Crippen molar-refractivity contribution in [1.82, 2.24) is 9.80 Å². The van der Waals surface area contributed by atoms with E-state index in [-0.39, 0.29) is 36.1 Å². The first-order valence-corrected chi connectivity index (χ1v) is 6.56. The monoisotopic (exact) mass is 250 g/mol. The lowest BCUT2D eigenvalue weighted by atomic mass is 9.81. The lowest BCUT2D eigenvalue weighted by molar-refractivity contribution is -0.146. The summed E-state index contributed by atoms with van der Waals surface area (Å²) in [5.41, 5.74) is 0. The zero-order chi connectivity index (χ0) is 13.0. The van der Waals surface area contributed by atoms with Crippen LogP contribution in [0.4, 0.5) is 0 Å². The SMILES string of the molecule is CN(C)C(=O)CN1C(=O)C2C3CCC(C3)C2C1=O. The van der Waals surface area contributed by atoms with Gasteiger partial charge in [0.05, 0.1) is 11.8 Å². The molecule has 2 bridgehead atoms. The highest BCUT2D eigenvalue weighted by Crippen LogP contribution is 2.55. The number of likely N-dealkylation sites (N-methyl/N-ethyl adjacent to an activating group) is 1. The Labute approximate surface area is 106 Å². The summed E-state index contributed by atoms with van der Waals surface area (Å²) < 4.78 is 0. The molecule has 2 saturated carbocycles. The fourth-order valence-corrected chi connectivity index (χ4v) is 3.90. The van der Waals surface area contributed by atoms with E-state index in [4.69, 9.17) is 0 Å². The van der Waals surface area contributed by atoms with Gasteiger partial charge in [0, 0.05) is 14.1 Å². The summed E-state index contributed by atoms with van der Waals surface area (Å²) in [4.78, 5) is 38.8. The van der Waals surface area contributed by atoms with Crippen molar-refractivity contribution >= 4 is 17.7 Å². The topological polar surface area (TPSA) is 57.7 Å². The maximum absolute atomic E-state index is 12.3. The average molecular weight is 250 g/mol. The normalized spacial score (nSPS) is 37.3. The number of hydrogen-bond donors (Lipinski definition) is 0. The van der Waals surface area contributed by atoms with E-state index in [0.717, 1.165) is 19.3 Å². The van der Waals surface area contributed by atoms with Crippen LogP contribution in [0, 0.1) is 23.7 Å². The number of amides is 3. The van der Waals surface area contributed by atoms with Gasteiger partial charge in [-0.3, -0.25) is 19.3 Å². The molecule has 0 spiro atoms. The molecule has 3 aliphatic rings. The Morgan fingerprint density at radius 1 is 1.17 bits per heavy atom. The van der Waals surface area contributed by atoms with Gasteiger partial charge in [-0.05, 0) is 31.1 Å². The zero-order valence-electron chi connectivity index (χ0n) is 10.8. The molecule has 0 aromatic carbocycles. The summed E-state index contributed by atoms with van der Waals surface area (Å²) in [5, 5.41) is 0. The van der Waals surface area contributed by atoms with Gasteiger partial charge >= 0.3 is 0 Å². The second kappa shape index (κ2) is 3.80. The van der Waals surface area contributed by atoms with Gasteiger partial charge in [-0.25, -0.2) is 0 Å². The van der Waals surface area contributed by atoms with Crippen molar-refractivity contribution in [2.75, 3.05) is 20.6 Å². The van der Waals surface area contributed by atoms with Crippen molar-refractivity contribution in [2.45, 2.75) is 19.3 Å². The van der Waals surface area contributed by atoms with Crippen molar-refractivity contribution in [1.29, 1.82) is 0 Å². The van der Waals surface area contributed by atoms with Gasteiger partial charge < -0.3 is 4.90 Å². The number of fused-ring (bicyclic) bond motifs is 5. The summed E-state index contributed by atoms with van der Waals surface area (Å²) in [5.74, 6) is 0.132. The van der Waals surface area contributed by atoms with Crippen molar-refractivity contribution in [2.24, 2.45) is 23.7 Å². The second-order valence-electron chi connectivity index (χ2n) is 5.94. The Hall–Kier alpha value is -1.39. The Kier molecular flexibility index (Phi) is 2.47. The van der Waals surface area contributed by atoms with Crippen LogP contribution in [0.3, 0.4) is 0 Å². The number of carbonyl (C=O) groups is 3. The van der Waals surface area contributed by atoms with E-state index in [2.05, 4.69) is 0 Å². The van der Waals surface area contributed by atoms with Crippen LogP contribution in [0.15, 0.2) is 0 Å². The van der Waals surface area contributed by atoms with Gasteiger partial charge in [-0.15, -0.1) is 0 Å². The second-order valence-corrected chi connectivity index (χ2v) is 5.94. The molecule has 98 valence electrons. The Balaban J connectivity index is 1.80. The predicted octanol–water partition coefficient (Wildman–Crippen LogP) is 0.106. The molecule has 1 aliphatic heterocycles. The minimum Gasteiger partial charge on any atom is -0.347 e. The summed E-state index contributed by atoms with van der Waals surface area (Å²) in [7, 11) is 3.27. The molecular weight excluding hydrogens is 232 g/mol. The molecule has 5 nitrogen and oxygen atoms in total. The smallest absolute Gasteiger partial charge is 0.242 e. The number of nitrogens with zero attached hydrogens (tertiary/aromatic N) is 2. The third-order valence-electron chi connectivity index (χ3n) is 4.81. The number of carbonyl (C=O) groups excluding carboxylic acids is 3. The van der Waals surface area contributed by atoms with Crippen molar-refractivity contribution < 1.29 is 14.4 Å². The van der Waals surface area contributed by atoms with E-state index in [0.29, 0.717) is 11.8 Å². The maximum Gasteiger partial charge on any atom is 0.242 e. The summed E-state index contributed by atoms with van der Waals surface area (Å²) >= 11 is 0. The van der Waals surface area contributed by atoms with Gasteiger partial charge in [0.2, 0.25) is 17.7 Å². The van der Waals surface area contributed by atoms with Crippen LogP contribution in [0.1, 0.15) is 19.3 Å². The fraction of sp³-hybridized carbons (Fsp3) is 0.769. The third kappa shape index (κ3) is 1.42. The quantitative estimate of drug-likeness (QED) is 0.653. The fourth-order valence-electron chi connectivity index (χ4n) is 3.90. The summed E-state index contributed by atoms with van der Waals surface area (Å²) in [6.45, 7) is -0.0862. The molecule has 3 fully saturated rings. The minimum absolute atomic E-state index is 0.0862. The Morgan fingerprint density at radius 2 is 1.67 bits per heavy atom. The van der Waals surface area contributed by atoms with E-state index in [1.165, 1.54) is 9.80 Å². The summed E-state index contributed by atoms with van der Waals surface area (Å²) in [6, 6.07) is 0. The molecule has 1 saturated heterocycles. The summed E-state index contributed by atoms with van der Waals surface area (Å²) in [6.07, 6.45) is 3.17. The van der Waals surface area contributed by atoms with Crippen molar-refractivity contribution in [3.63, 3.8) is 0 Å². The van der Waals surface area contributed by atoms with Crippen LogP contribution in [-0.4, -0.2) is 48.2 Å². The van der Waals surface area contributed by atoms with Crippen molar-refractivity contribution in [3.05, 3.63) is 0 Å². The zero-order valence-corrected chi connectivity index (χ0v) is 10.8. The third-order valence-corrected chi connectivity index (χ3v) is 4.81. The van der Waals surface area contributed by atoms with E-state index < -0.39 is 0 Å². The first kappa shape index (κ1) is 11.7. The molecule has 3 amide bonds. The van der Waals surface area contributed by atoms with E-state index in [1.54, 1.807) is 14.1 Å². The molecule has 4 unspecified atom stereocenters. The maximum atomic E-state index is 12.3. The first-order chi connectivity index (χ1) is 8.50. The average Bonchev–Trinajstić information content (AvgIpc) is 2.98. The molecule has 0 aromatic rings. The molecule has 1 heterocycles. The lowest BCUT2D eigenvalue weighted by Gasteiger charge is -2.19. The standard InChI is InChI=1S/C13H18N2O3/c1-14(2)9(16)6-15-12(17)10-7-3-4-8(5-7)11(10)13(15)18/h7-8,10-11H,3-6H2,1-2H3. The van der Waals surface area contributed by atoms with Gasteiger partial charge in [0.1, 0.15) is 6.54 Å². The Bertz CT molecular complexity index is 404. The highest BCUT2D eigenvalue weighted by Gasteiger charge is 2.60. The first-order valence-electron chi connectivity index (χ1n) is 6.56. The number of imide groups is 1. The molecule has 0 radical (unpaired) electrons. The number of likely N-dealkylation sites (tertiary alicyclic amines) is 1. The van der Waals surface area contributed by atoms with Crippen LogP contribution >= 0.6 is 0 Å². The van der Waals surface area contributed by atoms with Gasteiger partial charge in [-0.1, -0.05) is 0 Å². The van der Waals surface area contributed by atoms with Crippen LogP contribution < -0.4 is 0 Å².